The minimum Gasteiger partial charge on any atom is -0.508 e. The molecule has 2 unspecified atom stereocenters. The summed E-state index contributed by atoms with van der Waals surface area (Å²) in [5.41, 5.74) is 6.74. The highest BCUT2D eigenvalue weighted by Crippen LogP contribution is 2.49. The number of hydrogen-bond donors (Lipinski definition) is 4. The number of phenols is 4. The fourth-order valence-corrected chi connectivity index (χ4v) is 8.51. The predicted octanol–water partition coefficient (Wildman–Crippen LogP) is 14.7. The average molecular weight is 957 g/mol. The third-order valence-electron chi connectivity index (χ3n) is 10.8. The number of phenolic OH excluding ortho intramolecular Hbond substituents is 4. The molecule has 0 saturated heterocycles. The molecular formula is C55H41IO8. The largest absolute Gasteiger partial charge is 0.508 e. The molecule has 9 heteroatoms. The third-order valence-corrected chi connectivity index (χ3v) is 11.5. The second-order valence-electron chi connectivity index (χ2n) is 15.4. The van der Waals surface area contributed by atoms with Gasteiger partial charge in [-0.3, -0.25) is 0 Å². The molecule has 0 heterocycles. The molecule has 0 radical (unpaired) electrons. The van der Waals surface area contributed by atoms with Crippen molar-refractivity contribution >= 4 is 28.2 Å². The molecule has 1 aliphatic rings. The number of aryl methyl sites for hydroxylation is 1. The van der Waals surface area contributed by atoms with E-state index in [1.54, 1.807) is 97.1 Å². The van der Waals surface area contributed by atoms with Crippen molar-refractivity contribution in [1.29, 1.82) is 0 Å². The van der Waals surface area contributed by atoms with Crippen LogP contribution in [0.2, 0.25) is 0 Å². The van der Waals surface area contributed by atoms with Gasteiger partial charge in [-0.05, 0) is 203 Å². The summed E-state index contributed by atoms with van der Waals surface area (Å²) >= 11 is 2.36. The molecule has 316 valence electrons. The molecule has 2 atom stereocenters. The van der Waals surface area contributed by atoms with Crippen LogP contribution in [0.1, 0.15) is 28.2 Å². The molecule has 8 aromatic rings. The Morgan fingerprint density at radius 3 is 1.36 bits per heavy atom. The molecule has 8 aromatic carbocycles. The lowest BCUT2D eigenvalue weighted by molar-refractivity contribution is 0.448. The van der Waals surface area contributed by atoms with E-state index in [0.29, 0.717) is 46.0 Å². The first-order valence-corrected chi connectivity index (χ1v) is 21.6. The highest BCUT2D eigenvalue weighted by atomic mass is 127. The van der Waals surface area contributed by atoms with Crippen LogP contribution in [0.5, 0.6) is 69.0 Å². The summed E-state index contributed by atoms with van der Waals surface area (Å²) in [6.45, 7) is 2.04. The molecule has 0 spiro atoms. The van der Waals surface area contributed by atoms with E-state index >= 15 is 0 Å². The zero-order valence-electron chi connectivity index (χ0n) is 34.4. The number of halogens is 1. The van der Waals surface area contributed by atoms with Crippen molar-refractivity contribution in [2.75, 3.05) is 0 Å². The van der Waals surface area contributed by atoms with Gasteiger partial charge in [-0.1, -0.05) is 48.6 Å². The van der Waals surface area contributed by atoms with Gasteiger partial charge >= 0.3 is 0 Å². The highest BCUT2D eigenvalue weighted by Gasteiger charge is 2.32. The van der Waals surface area contributed by atoms with E-state index in [4.69, 9.17) is 18.9 Å². The normalized spacial score (nSPS) is 13.5. The van der Waals surface area contributed by atoms with Gasteiger partial charge < -0.3 is 39.4 Å². The fourth-order valence-electron chi connectivity index (χ4n) is 7.71. The lowest BCUT2D eigenvalue weighted by Gasteiger charge is -2.28. The molecule has 0 amide bonds. The third kappa shape index (κ3) is 9.70. The molecule has 0 aromatic heterocycles. The Balaban J connectivity index is 1.15. The van der Waals surface area contributed by atoms with Crippen molar-refractivity contribution in [2.24, 2.45) is 5.92 Å². The summed E-state index contributed by atoms with van der Waals surface area (Å²) < 4.78 is 26.7. The lowest BCUT2D eigenvalue weighted by Crippen LogP contribution is -2.13. The Kier molecular flexibility index (Phi) is 12.0. The molecule has 9 rings (SSSR count). The molecule has 1 aliphatic carbocycles. The van der Waals surface area contributed by atoms with Crippen LogP contribution in [-0.2, 0) is 0 Å². The van der Waals surface area contributed by atoms with E-state index in [1.807, 2.05) is 67.6 Å². The van der Waals surface area contributed by atoms with Gasteiger partial charge in [-0.2, -0.15) is 0 Å². The smallest absolute Gasteiger partial charge is 0.134 e. The van der Waals surface area contributed by atoms with Crippen LogP contribution in [0.15, 0.2) is 194 Å². The molecule has 0 saturated carbocycles. The van der Waals surface area contributed by atoms with E-state index in [9.17, 15) is 20.4 Å². The maximum absolute atomic E-state index is 10.1. The SMILES string of the molecule is Cc1cc(I)cc(C(c2cc(-c3ccc(Oc4ccc(O)cc4)cc3)ccc2Oc2ccc(O)cc2)C2C=CC(c3ccc(Oc4ccc(O)cc4)cc3)=C2)c1Oc1ccc(O)cc1. The Hall–Kier alpha value is -7.63. The summed E-state index contributed by atoms with van der Waals surface area (Å²) in [6.07, 6.45) is 6.63. The monoisotopic (exact) mass is 956 g/mol. The number of hydrogen-bond acceptors (Lipinski definition) is 8. The van der Waals surface area contributed by atoms with Crippen molar-refractivity contribution < 1.29 is 39.4 Å². The minimum absolute atomic E-state index is 0.137. The second-order valence-corrected chi connectivity index (χ2v) is 16.6. The van der Waals surface area contributed by atoms with Crippen molar-refractivity contribution in [1.82, 2.24) is 0 Å². The van der Waals surface area contributed by atoms with Gasteiger partial charge in [0.25, 0.3) is 0 Å². The molecule has 64 heavy (non-hydrogen) atoms. The summed E-state index contributed by atoms with van der Waals surface area (Å²) in [6, 6.07) is 52.9. The van der Waals surface area contributed by atoms with Crippen LogP contribution in [0, 0.1) is 16.4 Å². The Bertz CT molecular complexity index is 2960. The van der Waals surface area contributed by atoms with Gasteiger partial charge in [0.2, 0.25) is 0 Å². The van der Waals surface area contributed by atoms with Crippen molar-refractivity contribution in [3.63, 3.8) is 0 Å². The molecule has 0 aliphatic heterocycles. The van der Waals surface area contributed by atoms with E-state index < -0.39 is 0 Å². The summed E-state index contributed by atoms with van der Waals surface area (Å²) in [7, 11) is 0. The second kappa shape index (κ2) is 18.4. The predicted molar refractivity (Wildman–Crippen MR) is 257 cm³/mol. The number of rotatable bonds is 13. The number of ether oxygens (including phenoxy) is 4. The van der Waals surface area contributed by atoms with Gasteiger partial charge in [0.05, 0.1) is 0 Å². The number of aromatic hydroxyl groups is 4. The Labute approximate surface area is 384 Å². The lowest BCUT2D eigenvalue weighted by atomic mass is 9.79. The quantitative estimate of drug-likeness (QED) is 0.0844. The number of allylic oxidation sites excluding steroid dienone is 4. The molecule has 4 N–H and O–H groups in total. The van der Waals surface area contributed by atoms with Crippen LogP contribution in [0.4, 0.5) is 0 Å². The van der Waals surface area contributed by atoms with E-state index in [2.05, 4.69) is 59.0 Å². The van der Waals surface area contributed by atoms with Gasteiger partial charge in [0, 0.05) is 26.5 Å². The van der Waals surface area contributed by atoms with Crippen LogP contribution in [-0.4, -0.2) is 20.4 Å². The van der Waals surface area contributed by atoms with E-state index in [1.165, 1.54) is 0 Å². The van der Waals surface area contributed by atoms with Crippen molar-refractivity contribution in [3.8, 4) is 80.1 Å². The Morgan fingerprint density at radius 2 is 0.859 bits per heavy atom. The first-order chi connectivity index (χ1) is 31.1. The number of benzene rings is 8. The highest BCUT2D eigenvalue weighted by molar-refractivity contribution is 14.1. The van der Waals surface area contributed by atoms with Gasteiger partial charge in [0.15, 0.2) is 0 Å². The van der Waals surface area contributed by atoms with Crippen LogP contribution in [0.25, 0.3) is 16.7 Å². The summed E-state index contributed by atoms with van der Waals surface area (Å²) in [5.74, 6) is 5.12. The molecular weight excluding hydrogens is 916 g/mol. The maximum atomic E-state index is 10.1. The minimum atomic E-state index is -0.351. The van der Waals surface area contributed by atoms with Crippen molar-refractivity contribution in [3.05, 3.63) is 220 Å². The van der Waals surface area contributed by atoms with Crippen LogP contribution < -0.4 is 18.9 Å². The molecule has 8 nitrogen and oxygen atoms in total. The first kappa shape index (κ1) is 41.7. The first-order valence-electron chi connectivity index (χ1n) is 20.5. The maximum Gasteiger partial charge on any atom is 0.134 e. The molecule has 0 bridgehead atoms. The fraction of sp³-hybridized carbons (Fsp3) is 0.0545. The summed E-state index contributed by atoms with van der Waals surface area (Å²) in [4.78, 5) is 0. The van der Waals surface area contributed by atoms with E-state index in [0.717, 1.165) is 42.5 Å². The van der Waals surface area contributed by atoms with Gasteiger partial charge in [-0.25, -0.2) is 0 Å². The van der Waals surface area contributed by atoms with Gasteiger partial charge in [0.1, 0.15) is 69.0 Å². The zero-order valence-corrected chi connectivity index (χ0v) is 36.6. The Morgan fingerprint density at radius 1 is 0.438 bits per heavy atom. The van der Waals surface area contributed by atoms with Crippen LogP contribution in [0.3, 0.4) is 0 Å². The zero-order chi connectivity index (χ0) is 44.2. The topological polar surface area (TPSA) is 118 Å². The standard InChI is InChI=1S/C55H41IO8/c1-34-30-40(56)33-52(55(34)64-50-27-15-44(60)16-28-50)54(39-3-2-37(31-39)35-4-17-45(18-5-35)61-47-21-9-41(57)10-22-47)51-32-38(8-29-53(51)63-49-25-13-43(59)14-26-49)36-6-19-46(20-7-36)62-48-23-11-42(58)12-24-48/h2-33,39,54,57-60H,1H3. The average Bonchev–Trinajstić information content (AvgIpc) is 3.79. The molecule has 0 fully saturated rings. The summed E-state index contributed by atoms with van der Waals surface area (Å²) in [5, 5.41) is 39.7. The van der Waals surface area contributed by atoms with Gasteiger partial charge in [-0.15, -0.1) is 0 Å². The van der Waals surface area contributed by atoms with E-state index in [-0.39, 0.29) is 34.8 Å². The van der Waals surface area contributed by atoms with Crippen LogP contribution >= 0.6 is 22.6 Å². The van der Waals surface area contributed by atoms with Crippen molar-refractivity contribution in [2.45, 2.75) is 12.8 Å².